The van der Waals surface area contributed by atoms with Gasteiger partial charge in [0.2, 0.25) is 5.91 Å². The van der Waals surface area contributed by atoms with Crippen LogP contribution in [0.2, 0.25) is 0 Å². The maximum Gasteiger partial charge on any atom is 0.261 e. The van der Waals surface area contributed by atoms with Crippen molar-refractivity contribution in [2.45, 2.75) is 11.8 Å². The summed E-state index contributed by atoms with van der Waals surface area (Å²) in [6, 6.07) is 20.3. The number of hydrogen-bond donors (Lipinski definition) is 2. The lowest BCUT2D eigenvalue weighted by molar-refractivity contribution is -0.111. The van der Waals surface area contributed by atoms with E-state index in [0.717, 1.165) is 5.56 Å². The average Bonchev–Trinajstić information content (AvgIpc) is 2.74. The molecule has 3 aromatic rings. The van der Waals surface area contributed by atoms with E-state index < -0.39 is 10.0 Å². The van der Waals surface area contributed by atoms with Crippen molar-refractivity contribution in [3.63, 3.8) is 0 Å². The van der Waals surface area contributed by atoms with Crippen LogP contribution in [0.15, 0.2) is 83.8 Å². The number of amides is 1. The molecular weight excluding hydrogens is 400 g/mol. The van der Waals surface area contributed by atoms with Gasteiger partial charge < -0.3 is 10.1 Å². The predicted octanol–water partition coefficient (Wildman–Crippen LogP) is 4.46. The van der Waals surface area contributed by atoms with Gasteiger partial charge in [-0.25, -0.2) is 8.42 Å². The standard InChI is InChI=1S/C23H22N2O4S/c1-17-3-8-19(9-4-17)24-23(26)16-7-18-5-14-22(15-6-18)30(27,28)25-20-10-12-21(29-2)13-11-20/h3-16,25H,1-2H3,(H,24,26)/b16-7+. The van der Waals surface area contributed by atoms with E-state index >= 15 is 0 Å². The second-order valence-corrected chi connectivity index (χ2v) is 8.27. The maximum atomic E-state index is 12.5. The molecule has 0 saturated heterocycles. The predicted molar refractivity (Wildman–Crippen MR) is 119 cm³/mol. The molecule has 7 heteroatoms. The topological polar surface area (TPSA) is 84.5 Å². The van der Waals surface area contributed by atoms with Crippen molar-refractivity contribution in [1.82, 2.24) is 0 Å². The van der Waals surface area contributed by atoms with Crippen molar-refractivity contribution in [3.8, 4) is 5.75 Å². The number of ether oxygens (including phenoxy) is 1. The molecule has 3 aromatic carbocycles. The third-order valence-electron chi connectivity index (χ3n) is 4.28. The molecule has 0 aliphatic heterocycles. The molecule has 6 nitrogen and oxygen atoms in total. The summed E-state index contributed by atoms with van der Waals surface area (Å²) in [7, 11) is -2.18. The van der Waals surface area contributed by atoms with Crippen LogP contribution >= 0.6 is 0 Å². The summed E-state index contributed by atoms with van der Waals surface area (Å²) in [5.74, 6) is 0.372. The Morgan fingerprint density at radius 1 is 0.867 bits per heavy atom. The highest BCUT2D eigenvalue weighted by molar-refractivity contribution is 7.92. The molecule has 0 aliphatic rings. The molecule has 1 amide bonds. The van der Waals surface area contributed by atoms with Crippen LogP contribution in [0.4, 0.5) is 11.4 Å². The van der Waals surface area contributed by atoms with Gasteiger partial charge in [0.05, 0.1) is 12.0 Å². The zero-order valence-electron chi connectivity index (χ0n) is 16.6. The van der Waals surface area contributed by atoms with Crippen molar-refractivity contribution in [3.05, 3.63) is 90.0 Å². The highest BCUT2D eigenvalue weighted by Crippen LogP contribution is 2.20. The SMILES string of the molecule is COc1ccc(NS(=O)(=O)c2ccc(/C=C/C(=O)Nc3ccc(C)cc3)cc2)cc1. The normalized spacial score (nSPS) is 11.3. The molecule has 0 radical (unpaired) electrons. The molecule has 0 bridgehead atoms. The van der Waals surface area contributed by atoms with Gasteiger partial charge in [0, 0.05) is 17.5 Å². The third kappa shape index (κ3) is 5.71. The average molecular weight is 423 g/mol. The van der Waals surface area contributed by atoms with Crippen molar-refractivity contribution >= 4 is 33.4 Å². The second-order valence-electron chi connectivity index (χ2n) is 6.59. The number of methoxy groups -OCH3 is 1. The van der Waals surface area contributed by atoms with Crippen LogP contribution in [-0.2, 0) is 14.8 Å². The molecule has 0 spiro atoms. The molecule has 0 atom stereocenters. The van der Waals surface area contributed by atoms with Crippen molar-refractivity contribution < 1.29 is 17.9 Å². The van der Waals surface area contributed by atoms with Crippen LogP contribution in [0.5, 0.6) is 5.75 Å². The fourth-order valence-electron chi connectivity index (χ4n) is 2.62. The molecule has 3 rings (SSSR count). The number of carbonyl (C=O) groups excluding carboxylic acids is 1. The van der Waals surface area contributed by atoms with E-state index in [-0.39, 0.29) is 10.8 Å². The molecule has 0 fully saturated rings. The number of rotatable bonds is 7. The quantitative estimate of drug-likeness (QED) is 0.551. The lowest BCUT2D eigenvalue weighted by Crippen LogP contribution is -2.12. The number of hydrogen-bond acceptors (Lipinski definition) is 4. The van der Waals surface area contributed by atoms with Crippen LogP contribution in [-0.4, -0.2) is 21.4 Å². The number of anilines is 2. The van der Waals surface area contributed by atoms with Crippen LogP contribution in [0.3, 0.4) is 0 Å². The van der Waals surface area contributed by atoms with E-state index in [0.29, 0.717) is 22.7 Å². The molecule has 0 aliphatic carbocycles. The summed E-state index contributed by atoms with van der Waals surface area (Å²) < 4.78 is 32.7. The number of aryl methyl sites for hydroxylation is 1. The van der Waals surface area contributed by atoms with Gasteiger partial charge in [0.1, 0.15) is 5.75 Å². The molecule has 0 aromatic heterocycles. The van der Waals surface area contributed by atoms with E-state index in [1.165, 1.54) is 18.2 Å². The van der Waals surface area contributed by atoms with Crippen LogP contribution < -0.4 is 14.8 Å². The molecular formula is C23H22N2O4S. The van der Waals surface area contributed by atoms with Crippen LogP contribution in [0.1, 0.15) is 11.1 Å². The Balaban J connectivity index is 1.63. The highest BCUT2D eigenvalue weighted by Gasteiger charge is 2.13. The van der Waals surface area contributed by atoms with Crippen molar-refractivity contribution in [1.29, 1.82) is 0 Å². The minimum Gasteiger partial charge on any atom is -0.497 e. The van der Waals surface area contributed by atoms with Gasteiger partial charge in [0.15, 0.2) is 0 Å². The first-order valence-corrected chi connectivity index (χ1v) is 10.7. The Morgan fingerprint density at radius 3 is 2.07 bits per heavy atom. The number of benzene rings is 3. The lowest BCUT2D eigenvalue weighted by Gasteiger charge is -2.09. The summed E-state index contributed by atoms with van der Waals surface area (Å²) in [5, 5.41) is 2.77. The zero-order valence-corrected chi connectivity index (χ0v) is 17.4. The summed E-state index contributed by atoms with van der Waals surface area (Å²) in [6.07, 6.45) is 3.02. The van der Waals surface area contributed by atoms with Gasteiger partial charge in [-0.15, -0.1) is 0 Å². The zero-order chi connectivity index (χ0) is 21.6. The molecule has 154 valence electrons. The van der Waals surface area contributed by atoms with Gasteiger partial charge in [-0.3, -0.25) is 9.52 Å². The van der Waals surface area contributed by atoms with Gasteiger partial charge in [0.25, 0.3) is 10.0 Å². The molecule has 30 heavy (non-hydrogen) atoms. The third-order valence-corrected chi connectivity index (χ3v) is 5.68. The fraction of sp³-hybridized carbons (Fsp3) is 0.0870. The van der Waals surface area contributed by atoms with Gasteiger partial charge in [-0.1, -0.05) is 29.8 Å². The van der Waals surface area contributed by atoms with Gasteiger partial charge in [-0.05, 0) is 67.1 Å². The Kier molecular flexibility index (Phi) is 6.54. The van der Waals surface area contributed by atoms with E-state index in [2.05, 4.69) is 10.0 Å². The summed E-state index contributed by atoms with van der Waals surface area (Å²) in [5.41, 5.74) is 2.96. The van der Waals surface area contributed by atoms with E-state index in [9.17, 15) is 13.2 Å². The Bertz CT molecular complexity index is 1140. The summed E-state index contributed by atoms with van der Waals surface area (Å²) in [4.78, 5) is 12.2. The molecule has 0 heterocycles. The molecule has 2 N–H and O–H groups in total. The van der Waals surface area contributed by atoms with E-state index in [1.807, 2.05) is 31.2 Å². The Labute approximate surface area is 176 Å². The first-order valence-electron chi connectivity index (χ1n) is 9.18. The van der Waals surface area contributed by atoms with Gasteiger partial charge >= 0.3 is 0 Å². The van der Waals surface area contributed by atoms with E-state index in [1.54, 1.807) is 49.6 Å². The smallest absolute Gasteiger partial charge is 0.261 e. The highest BCUT2D eigenvalue weighted by atomic mass is 32.2. The Morgan fingerprint density at radius 2 is 1.47 bits per heavy atom. The van der Waals surface area contributed by atoms with Crippen LogP contribution in [0, 0.1) is 6.92 Å². The number of carbonyl (C=O) groups is 1. The maximum absolute atomic E-state index is 12.5. The second kappa shape index (κ2) is 9.28. The van der Waals surface area contributed by atoms with E-state index in [4.69, 9.17) is 4.74 Å². The van der Waals surface area contributed by atoms with Gasteiger partial charge in [-0.2, -0.15) is 0 Å². The Hall–Kier alpha value is -3.58. The largest absolute Gasteiger partial charge is 0.497 e. The first-order chi connectivity index (χ1) is 14.4. The van der Waals surface area contributed by atoms with Crippen molar-refractivity contribution in [2.75, 3.05) is 17.1 Å². The monoisotopic (exact) mass is 422 g/mol. The molecule has 0 unspecified atom stereocenters. The first kappa shape index (κ1) is 21.1. The summed E-state index contributed by atoms with van der Waals surface area (Å²) in [6.45, 7) is 1.97. The van der Waals surface area contributed by atoms with Crippen molar-refractivity contribution in [2.24, 2.45) is 0 Å². The minimum atomic E-state index is -3.72. The number of nitrogens with one attached hydrogen (secondary N) is 2. The summed E-state index contributed by atoms with van der Waals surface area (Å²) >= 11 is 0. The fourth-order valence-corrected chi connectivity index (χ4v) is 3.68. The van der Waals surface area contributed by atoms with Crippen LogP contribution in [0.25, 0.3) is 6.08 Å². The molecule has 0 saturated carbocycles. The lowest BCUT2D eigenvalue weighted by atomic mass is 10.2. The minimum absolute atomic E-state index is 0.125. The number of sulfonamides is 1.